The predicted molar refractivity (Wildman–Crippen MR) is 72.6 cm³/mol. The zero-order valence-corrected chi connectivity index (χ0v) is 11.4. The molecule has 2 rings (SSSR count). The van der Waals surface area contributed by atoms with Gasteiger partial charge >= 0.3 is 0 Å². The van der Waals surface area contributed by atoms with Crippen molar-refractivity contribution < 1.29 is 9.59 Å². The molecule has 1 aliphatic heterocycles. The molecule has 0 saturated carbocycles. The number of amides is 1. The molecular weight excluding hydrogens is 248 g/mol. The van der Waals surface area contributed by atoms with Gasteiger partial charge in [0.25, 0.3) is 0 Å². The van der Waals surface area contributed by atoms with Gasteiger partial charge in [0, 0.05) is 31.3 Å². The molecule has 1 amide bonds. The lowest BCUT2D eigenvalue weighted by molar-refractivity contribution is -0.117. The van der Waals surface area contributed by atoms with Crippen LogP contribution in [0.1, 0.15) is 25.8 Å². The number of aromatic nitrogens is 1. The van der Waals surface area contributed by atoms with E-state index >= 15 is 0 Å². The summed E-state index contributed by atoms with van der Waals surface area (Å²) in [5.41, 5.74) is 1.16. The van der Waals surface area contributed by atoms with Crippen molar-refractivity contribution in [1.82, 2.24) is 4.98 Å². The molecule has 18 heavy (non-hydrogen) atoms. The highest BCUT2D eigenvalue weighted by atomic mass is 32.2. The SMILES string of the molecule is CCc1ccnc(N2CC(SC(C)=O)CC2=O)c1. The van der Waals surface area contributed by atoms with Crippen LogP contribution in [0.5, 0.6) is 0 Å². The van der Waals surface area contributed by atoms with Crippen LogP contribution >= 0.6 is 11.8 Å². The largest absolute Gasteiger partial charge is 0.296 e. The van der Waals surface area contributed by atoms with Crippen LogP contribution in [0.3, 0.4) is 0 Å². The Labute approximate surface area is 111 Å². The number of anilines is 1. The summed E-state index contributed by atoms with van der Waals surface area (Å²) >= 11 is 1.24. The van der Waals surface area contributed by atoms with E-state index < -0.39 is 0 Å². The van der Waals surface area contributed by atoms with E-state index in [-0.39, 0.29) is 16.3 Å². The highest BCUT2D eigenvalue weighted by Gasteiger charge is 2.32. The van der Waals surface area contributed by atoms with Crippen LogP contribution in [0.4, 0.5) is 5.82 Å². The first kappa shape index (κ1) is 13.1. The van der Waals surface area contributed by atoms with Gasteiger partial charge in [-0.3, -0.25) is 14.5 Å². The number of nitrogens with zero attached hydrogens (tertiary/aromatic N) is 2. The molecule has 1 fully saturated rings. The molecule has 0 spiro atoms. The molecule has 1 aromatic rings. The first-order valence-corrected chi connectivity index (χ1v) is 6.90. The van der Waals surface area contributed by atoms with Gasteiger partial charge in [-0.2, -0.15) is 0 Å². The highest BCUT2D eigenvalue weighted by Crippen LogP contribution is 2.27. The van der Waals surface area contributed by atoms with Crippen molar-refractivity contribution in [3.63, 3.8) is 0 Å². The Morgan fingerprint density at radius 1 is 1.61 bits per heavy atom. The number of carbonyl (C=O) groups is 2. The van der Waals surface area contributed by atoms with Crippen molar-refractivity contribution in [1.29, 1.82) is 0 Å². The zero-order chi connectivity index (χ0) is 13.1. The van der Waals surface area contributed by atoms with Gasteiger partial charge < -0.3 is 0 Å². The Balaban J connectivity index is 2.13. The van der Waals surface area contributed by atoms with Crippen LogP contribution in [0, 0.1) is 0 Å². The third-order valence-electron chi connectivity index (χ3n) is 2.92. The van der Waals surface area contributed by atoms with Crippen molar-refractivity contribution in [2.45, 2.75) is 31.9 Å². The van der Waals surface area contributed by atoms with E-state index in [0.717, 1.165) is 12.0 Å². The molecule has 0 aromatic carbocycles. The van der Waals surface area contributed by atoms with E-state index in [2.05, 4.69) is 11.9 Å². The van der Waals surface area contributed by atoms with E-state index in [1.807, 2.05) is 12.1 Å². The van der Waals surface area contributed by atoms with Crippen molar-refractivity contribution >= 4 is 28.6 Å². The predicted octanol–water partition coefficient (Wildman–Crippen LogP) is 2.03. The Morgan fingerprint density at radius 3 is 3.06 bits per heavy atom. The van der Waals surface area contributed by atoms with E-state index in [1.54, 1.807) is 11.1 Å². The van der Waals surface area contributed by atoms with E-state index in [0.29, 0.717) is 18.8 Å². The summed E-state index contributed by atoms with van der Waals surface area (Å²) in [6.07, 6.45) is 3.07. The second kappa shape index (κ2) is 5.52. The molecule has 1 saturated heterocycles. The van der Waals surface area contributed by atoms with Crippen molar-refractivity contribution in [2.24, 2.45) is 0 Å². The summed E-state index contributed by atoms with van der Waals surface area (Å²) in [6, 6.07) is 3.89. The molecular formula is C13H16N2O2S. The number of aryl methyl sites for hydroxylation is 1. The quantitative estimate of drug-likeness (QED) is 0.838. The van der Waals surface area contributed by atoms with Crippen LogP contribution in [0.25, 0.3) is 0 Å². The maximum absolute atomic E-state index is 11.9. The van der Waals surface area contributed by atoms with Gasteiger partial charge in [0.2, 0.25) is 5.91 Å². The molecule has 1 aromatic heterocycles. The van der Waals surface area contributed by atoms with Crippen LogP contribution in [-0.4, -0.2) is 27.8 Å². The van der Waals surface area contributed by atoms with Gasteiger partial charge in [-0.1, -0.05) is 18.7 Å². The summed E-state index contributed by atoms with van der Waals surface area (Å²) in [4.78, 5) is 28.9. The molecule has 1 atom stereocenters. The summed E-state index contributed by atoms with van der Waals surface area (Å²) < 4.78 is 0. The summed E-state index contributed by atoms with van der Waals surface area (Å²) in [5, 5.41) is 0.118. The molecule has 4 nitrogen and oxygen atoms in total. The molecule has 2 heterocycles. The van der Waals surface area contributed by atoms with Crippen molar-refractivity contribution in [3.8, 4) is 0 Å². The molecule has 0 bridgehead atoms. The molecule has 0 radical (unpaired) electrons. The minimum atomic E-state index is 0.0505. The van der Waals surface area contributed by atoms with E-state index in [4.69, 9.17) is 0 Å². The first-order chi connectivity index (χ1) is 8.60. The first-order valence-electron chi connectivity index (χ1n) is 6.02. The topological polar surface area (TPSA) is 50.3 Å². The maximum Gasteiger partial charge on any atom is 0.229 e. The average Bonchev–Trinajstić information content (AvgIpc) is 2.69. The van der Waals surface area contributed by atoms with Gasteiger partial charge in [-0.25, -0.2) is 4.98 Å². The molecule has 96 valence electrons. The summed E-state index contributed by atoms with van der Waals surface area (Å²) in [6.45, 7) is 4.18. The number of rotatable bonds is 3. The number of carbonyl (C=O) groups excluding carboxylic acids is 2. The summed E-state index contributed by atoms with van der Waals surface area (Å²) in [5.74, 6) is 0.750. The Morgan fingerprint density at radius 2 is 2.39 bits per heavy atom. The zero-order valence-electron chi connectivity index (χ0n) is 10.5. The third-order valence-corrected chi connectivity index (χ3v) is 3.90. The molecule has 0 aliphatic carbocycles. The molecule has 5 heteroatoms. The molecule has 1 unspecified atom stereocenters. The van der Waals surface area contributed by atoms with Crippen molar-refractivity contribution in [3.05, 3.63) is 23.9 Å². The fourth-order valence-electron chi connectivity index (χ4n) is 2.04. The molecule has 1 aliphatic rings. The van der Waals surface area contributed by atoms with Gasteiger partial charge in [-0.05, 0) is 24.1 Å². The Bertz CT molecular complexity index is 476. The third kappa shape index (κ3) is 2.90. The van der Waals surface area contributed by atoms with E-state index in [9.17, 15) is 9.59 Å². The highest BCUT2D eigenvalue weighted by molar-refractivity contribution is 8.14. The Kier molecular flexibility index (Phi) is 4.01. The fraction of sp³-hybridized carbons (Fsp3) is 0.462. The normalized spacial score (nSPS) is 19.3. The summed E-state index contributed by atoms with van der Waals surface area (Å²) in [7, 11) is 0. The average molecular weight is 264 g/mol. The monoisotopic (exact) mass is 264 g/mol. The lowest BCUT2D eigenvalue weighted by Crippen LogP contribution is -2.26. The van der Waals surface area contributed by atoms with Gasteiger partial charge in [0.05, 0.1) is 0 Å². The van der Waals surface area contributed by atoms with Gasteiger partial charge in [-0.15, -0.1) is 0 Å². The number of thioether (sulfide) groups is 1. The van der Waals surface area contributed by atoms with Crippen molar-refractivity contribution in [2.75, 3.05) is 11.4 Å². The maximum atomic E-state index is 11.9. The minimum absolute atomic E-state index is 0.0505. The number of pyridine rings is 1. The van der Waals surface area contributed by atoms with E-state index in [1.165, 1.54) is 18.7 Å². The smallest absolute Gasteiger partial charge is 0.229 e. The standard InChI is InChI=1S/C13H16N2O2S/c1-3-10-4-5-14-12(6-10)15-8-11(7-13(15)17)18-9(2)16/h4-6,11H,3,7-8H2,1-2H3. The second-order valence-corrected chi connectivity index (χ2v) is 5.79. The number of hydrogen-bond donors (Lipinski definition) is 0. The second-order valence-electron chi connectivity index (χ2n) is 4.32. The fourth-order valence-corrected chi connectivity index (χ4v) is 2.96. The van der Waals surface area contributed by atoms with Gasteiger partial charge in [0.1, 0.15) is 5.82 Å². The Hall–Kier alpha value is -1.36. The van der Waals surface area contributed by atoms with Crippen LogP contribution in [-0.2, 0) is 16.0 Å². The lowest BCUT2D eigenvalue weighted by Gasteiger charge is -2.15. The molecule has 0 N–H and O–H groups in total. The minimum Gasteiger partial charge on any atom is -0.296 e. The lowest BCUT2D eigenvalue weighted by atomic mass is 10.2. The van der Waals surface area contributed by atoms with Crippen LogP contribution in [0.15, 0.2) is 18.3 Å². The van der Waals surface area contributed by atoms with Gasteiger partial charge in [0.15, 0.2) is 5.12 Å². The number of hydrogen-bond acceptors (Lipinski definition) is 4. The van der Waals surface area contributed by atoms with Crippen LogP contribution < -0.4 is 4.90 Å². The van der Waals surface area contributed by atoms with Crippen LogP contribution in [0.2, 0.25) is 0 Å².